The van der Waals surface area contributed by atoms with Crippen molar-refractivity contribution in [2.45, 2.75) is 26.3 Å². The number of anilines is 1. The van der Waals surface area contributed by atoms with Gasteiger partial charge in [0.15, 0.2) is 0 Å². The van der Waals surface area contributed by atoms with E-state index in [0.29, 0.717) is 15.7 Å². The molecule has 0 aliphatic rings. The summed E-state index contributed by atoms with van der Waals surface area (Å²) in [6.45, 7) is 3.91. The van der Waals surface area contributed by atoms with Crippen LogP contribution < -0.4 is 11.1 Å². The number of benzene rings is 1. The molecule has 0 fully saturated rings. The third-order valence-corrected chi connectivity index (χ3v) is 3.87. The van der Waals surface area contributed by atoms with Gasteiger partial charge < -0.3 is 11.1 Å². The van der Waals surface area contributed by atoms with Gasteiger partial charge in [0.25, 0.3) is 0 Å². The number of nitrogens with one attached hydrogen (secondary N) is 1. The molecule has 0 aliphatic heterocycles. The molecule has 0 aromatic heterocycles. The predicted molar refractivity (Wildman–Crippen MR) is 80.2 cm³/mol. The van der Waals surface area contributed by atoms with Gasteiger partial charge in [0.2, 0.25) is 5.91 Å². The number of halogens is 3. The molecule has 2 atom stereocenters. The third-order valence-electron chi connectivity index (χ3n) is 2.81. The second-order valence-corrected chi connectivity index (χ2v) is 5.88. The van der Waals surface area contributed by atoms with Gasteiger partial charge >= 0.3 is 0 Å². The van der Waals surface area contributed by atoms with Crippen LogP contribution in [0.25, 0.3) is 0 Å². The maximum atomic E-state index is 11.9. The van der Waals surface area contributed by atoms with Gasteiger partial charge in [-0.3, -0.25) is 4.79 Å². The van der Waals surface area contributed by atoms with Crippen LogP contribution in [0.2, 0.25) is 10.0 Å². The van der Waals surface area contributed by atoms with Gasteiger partial charge in [0.1, 0.15) is 0 Å². The summed E-state index contributed by atoms with van der Waals surface area (Å²) in [5.74, 6) is -0.187. The van der Waals surface area contributed by atoms with Gasteiger partial charge in [-0.1, -0.05) is 59.4 Å². The Hall–Kier alpha value is -0.290. The van der Waals surface area contributed by atoms with Crippen LogP contribution in [0.5, 0.6) is 0 Å². The Morgan fingerprint density at radius 1 is 1.44 bits per heavy atom. The smallest absolute Gasteiger partial charge is 0.241 e. The van der Waals surface area contributed by atoms with Crippen LogP contribution in [0.3, 0.4) is 0 Å². The van der Waals surface area contributed by atoms with Crippen molar-refractivity contribution < 1.29 is 4.79 Å². The van der Waals surface area contributed by atoms with Gasteiger partial charge in [-0.25, -0.2) is 0 Å². The van der Waals surface area contributed by atoms with Crippen molar-refractivity contribution in [2.24, 2.45) is 11.7 Å². The molecule has 0 spiro atoms. The van der Waals surface area contributed by atoms with Crippen LogP contribution in [-0.4, -0.2) is 11.9 Å². The predicted octanol–water partition coefficient (Wildman–Crippen LogP) is 4.07. The fraction of sp³-hybridized carbons (Fsp3) is 0.417. The molecule has 0 bridgehead atoms. The Balaban J connectivity index is 2.89. The lowest BCUT2D eigenvalue weighted by Crippen LogP contribution is -2.40. The van der Waals surface area contributed by atoms with Gasteiger partial charge in [-0.2, -0.15) is 0 Å². The van der Waals surface area contributed by atoms with Crippen LogP contribution in [0, 0.1) is 5.92 Å². The minimum absolute atomic E-state index is 0.0954. The first-order chi connectivity index (χ1) is 8.36. The van der Waals surface area contributed by atoms with Crippen LogP contribution in [-0.2, 0) is 4.79 Å². The molecule has 1 rings (SSSR count). The number of nitrogens with two attached hydrogens (primary N) is 1. The second kappa shape index (κ2) is 6.75. The van der Waals surface area contributed by atoms with Crippen LogP contribution >= 0.6 is 39.1 Å². The Labute approximate surface area is 125 Å². The normalized spacial score (nSPS) is 14.1. The summed E-state index contributed by atoms with van der Waals surface area (Å²) >= 11 is 15.3. The van der Waals surface area contributed by atoms with Crippen molar-refractivity contribution in [1.82, 2.24) is 0 Å². The molecule has 0 radical (unpaired) electrons. The van der Waals surface area contributed by atoms with Crippen molar-refractivity contribution in [3.8, 4) is 0 Å². The van der Waals surface area contributed by atoms with Gasteiger partial charge in [0, 0.05) is 4.47 Å². The van der Waals surface area contributed by atoms with Crippen LogP contribution in [0.1, 0.15) is 20.3 Å². The molecule has 1 aromatic rings. The minimum atomic E-state index is -0.578. The topological polar surface area (TPSA) is 55.1 Å². The molecule has 0 aliphatic carbocycles. The first-order valence-corrected chi connectivity index (χ1v) is 7.12. The Bertz CT molecular complexity index is 431. The molecule has 2 unspecified atom stereocenters. The van der Waals surface area contributed by atoms with E-state index in [4.69, 9.17) is 28.9 Å². The lowest BCUT2D eigenvalue weighted by atomic mass is 9.99. The molecule has 6 heteroatoms. The van der Waals surface area contributed by atoms with E-state index in [1.165, 1.54) is 0 Å². The molecule has 0 saturated carbocycles. The highest BCUT2D eigenvalue weighted by Crippen LogP contribution is 2.33. The average Bonchev–Trinajstić information content (AvgIpc) is 2.31. The van der Waals surface area contributed by atoms with Gasteiger partial charge in [-0.05, 0) is 18.1 Å². The van der Waals surface area contributed by atoms with Crippen molar-refractivity contribution in [3.05, 3.63) is 26.7 Å². The molecule has 3 N–H and O–H groups in total. The zero-order valence-electron chi connectivity index (χ0n) is 10.1. The second-order valence-electron chi connectivity index (χ2n) is 4.15. The van der Waals surface area contributed by atoms with E-state index in [9.17, 15) is 4.79 Å². The lowest BCUT2D eigenvalue weighted by molar-refractivity contribution is -0.118. The Morgan fingerprint density at radius 2 is 1.94 bits per heavy atom. The number of carbonyl (C=O) groups is 1. The summed E-state index contributed by atoms with van der Waals surface area (Å²) in [4.78, 5) is 11.9. The maximum absolute atomic E-state index is 11.9. The largest absolute Gasteiger partial charge is 0.322 e. The van der Waals surface area contributed by atoms with E-state index < -0.39 is 6.04 Å². The zero-order chi connectivity index (χ0) is 13.9. The highest BCUT2D eigenvalue weighted by atomic mass is 79.9. The van der Waals surface area contributed by atoms with Crippen molar-refractivity contribution in [3.63, 3.8) is 0 Å². The zero-order valence-corrected chi connectivity index (χ0v) is 13.2. The number of carbonyl (C=O) groups excluding carboxylic acids is 1. The summed E-state index contributed by atoms with van der Waals surface area (Å²) < 4.78 is 0.752. The molecule has 100 valence electrons. The molecule has 0 heterocycles. The minimum Gasteiger partial charge on any atom is -0.322 e. The summed E-state index contributed by atoms with van der Waals surface area (Å²) in [6, 6.07) is 2.75. The van der Waals surface area contributed by atoms with Crippen LogP contribution in [0.4, 0.5) is 5.69 Å². The summed E-state index contributed by atoms with van der Waals surface area (Å²) in [5, 5.41) is 3.42. The molecule has 1 amide bonds. The van der Waals surface area contributed by atoms with Crippen molar-refractivity contribution in [1.29, 1.82) is 0 Å². The standard InChI is InChI=1S/C12H15BrCl2N2O/c1-3-6(2)10(16)12(18)17-11-8(14)4-7(13)5-9(11)15/h4-6,10H,3,16H2,1-2H3,(H,17,18). The van der Waals surface area contributed by atoms with E-state index >= 15 is 0 Å². The Kier molecular flexibility index (Phi) is 5.92. The highest BCUT2D eigenvalue weighted by molar-refractivity contribution is 9.10. The van der Waals surface area contributed by atoms with Gasteiger partial charge in [-0.15, -0.1) is 0 Å². The fourth-order valence-electron chi connectivity index (χ4n) is 1.38. The molecule has 0 saturated heterocycles. The lowest BCUT2D eigenvalue weighted by Gasteiger charge is -2.18. The van der Waals surface area contributed by atoms with E-state index in [0.717, 1.165) is 10.9 Å². The number of hydrogen-bond donors (Lipinski definition) is 2. The Morgan fingerprint density at radius 3 is 2.39 bits per heavy atom. The van der Waals surface area contributed by atoms with E-state index in [1.54, 1.807) is 12.1 Å². The molecular weight excluding hydrogens is 339 g/mol. The van der Waals surface area contributed by atoms with E-state index in [1.807, 2.05) is 13.8 Å². The molecule has 18 heavy (non-hydrogen) atoms. The molecule has 1 aromatic carbocycles. The SMILES string of the molecule is CCC(C)C(N)C(=O)Nc1c(Cl)cc(Br)cc1Cl. The van der Waals surface area contributed by atoms with Crippen molar-refractivity contribution in [2.75, 3.05) is 5.32 Å². The summed E-state index contributed by atoms with van der Waals surface area (Å²) in [7, 11) is 0. The van der Waals surface area contributed by atoms with E-state index in [-0.39, 0.29) is 11.8 Å². The first-order valence-electron chi connectivity index (χ1n) is 5.57. The van der Waals surface area contributed by atoms with Gasteiger partial charge in [0.05, 0.1) is 21.8 Å². The number of amides is 1. The monoisotopic (exact) mass is 352 g/mol. The van der Waals surface area contributed by atoms with Crippen molar-refractivity contribution >= 4 is 50.7 Å². The molecule has 3 nitrogen and oxygen atoms in total. The highest BCUT2D eigenvalue weighted by Gasteiger charge is 2.21. The van der Waals surface area contributed by atoms with Crippen LogP contribution in [0.15, 0.2) is 16.6 Å². The summed E-state index contributed by atoms with van der Waals surface area (Å²) in [5.41, 5.74) is 6.24. The average molecular weight is 354 g/mol. The quantitative estimate of drug-likeness (QED) is 0.857. The summed E-state index contributed by atoms with van der Waals surface area (Å²) in [6.07, 6.45) is 0.830. The number of hydrogen-bond acceptors (Lipinski definition) is 2. The first kappa shape index (κ1) is 15.8. The molecular formula is C12H15BrCl2N2O. The fourth-order valence-corrected chi connectivity index (χ4v) is 2.68. The van der Waals surface area contributed by atoms with E-state index in [2.05, 4.69) is 21.2 Å². The maximum Gasteiger partial charge on any atom is 0.241 e. The number of rotatable bonds is 4. The third kappa shape index (κ3) is 3.85.